The van der Waals surface area contributed by atoms with Crippen molar-refractivity contribution in [2.24, 2.45) is 5.10 Å². The van der Waals surface area contributed by atoms with Gasteiger partial charge in [-0.05, 0) is 27.7 Å². The van der Waals surface area contributed by atoms with Crippen LogP contribution in [0.3, 0.4) is 0 Å². The number of hydrogen-bond acceptors (Lipinski definition) is 5. The minimum atomic E-state index is -1.12. The van der Waals surface area contributed by atoms with Crippen LogP contribution < -0.4 is 5.43 Å². The Bertz CT molecular complexity index is 345. The van der Waals surface area contributed by atoms with E-state index in [4.69, 9.17) is 4.74 Å². The van der Waals surface area contributed by atoms with Gasteiger partial charge in [0.15, 0.2) is 6.04 Å². The highest BCUT2D eigenvalue weighted by atomic mass is 16.6. The maximum Gasteiger partial charge on any atom is 0.435 e. The molecule has 0 saturated carbocycles. The number of ether oxygens (including phenoxy) is 1. The number of carbonyl (C=O) groups is 2. The van der Waals surface area contributed by atoms with Gasteiger partial charge >= 0.3 is 6.09 Å². The molecule has 90 valence electrons. The maximum atomic E-state index is 11.5. The van der Waals surface area contributed by atoms with Crippen molar-refractivity contribution in [1.82, 2.24) is 10.5 Å². The lowest BCUT2D eigenvalue weighted by Gasteiger charge is -2.25. The zero-order chi connectivity index (χ0) is 12.5. The fraction of sp³-hybridized carbons (Fsp3) is 0.667. The minimum Gasteiger partial charge on any atom is -0.442 e. The Morgan fingerprint density at radius 3 is 2.50 bits per heavy atom. The second-order valence-corrected chi connectivity index (χ2v) is 4.46. The zero-order valence-electron chi connectivity index (χ0n) is 9.64. The van der Waals surface area contributed by atoms with Gasteiger partial charge in [-0.15, -0.1) is 0 Å². The molecule has 0 aromatic rings. The van der Waals surface area contributed by atoms with E-state index in [9.17, 15) is 14.8 Å². The molecule has 0 fully saturated rings. The molecule has 1 rings (SSSR count). The predicted octanol–water partition coefficient (Wildman–Crippen LogP) is 0.487. The van der Waals surface area contributed by atoms with E-state index < -0.39 is 23.6 Å². The first kappa shape index (κ1) is 12.4. The first-order chi connectivity index (χ1) is 7.22. The minimum absolute atomic E-state index is 0.242. The number of amides is 2. The van der Waals surface area contributed by atoms with Gasteiger partial charge in [0.05, 0.1) is 5.71 Å². The summed E-state index contributed by atoms with van der Waals surface area (Å²) < 4.78 is 4.91. The van der Waals surface area contributed by atoms with Crippen molar-refractivity contribution in [3.05, 3.63) is 0 Å². The lowest BCUT2D eigenvalue weighted by Crippen LogP contribution is -2.48. The summed E-state index contributed by atoms with van der Waals surface area (Å²) >= 11 is 0. The average Bonchev–Trinajstić information content (AvgIpc) is 2.42. The molecular formula is C9H15N3O4. The van der Waals surface area contributed by atoms with E-state index in [2.05, 4.69) is 10.5 Å². The van der Waals surface area contributed by atoms with Crippen LogP contribution in [0.4, 0.5) is 4.79 Å². The van der Waals surface area contributed by atoms with Gasteiger partial charge in [0.1, 0.15) is 5.60 Å². The molecular weight excluding hydrogens is 214 g/mol. The van der Waals surface area contributed by atoms with Crippen LogP contribution in [0.15, 0.2) is 5.10 Å². The smallest absolute Gasteiger partial charge is 0.435 e. The lowest BCUT2D eigenvalue weighted by atomic mass is 10.2. The van der Waals surface area contributed by atoms with Gasteiger partial charge in [-0.2, -0.15) is 10.2 Å². The maximum absolute atomic E-state index is 11.5. The Balaban J connectivity index is 2.71. The number of hydroxylamine groups is 2. The molecule has 1 heterocycles. The van der Waals surface area contributed by atoms with Crippen LogP contribution in [0.1, 0.15) is 27.7 Å². The fourth-order valence-electron chi connectivity index (χ4n) is 1.16. The Morgan fingerprint density at radius 1 is 1.56 bits per heavy atom. The van der Waals surface area contributed by atoms with Crippen LogP contribution in [-0.2, 0) is 9.53 Å². The zero-order valence-corrected chi connectivity index (χ0v) is 9.64. The summed E-state index contributed by atoms with van der Waals surface area (Å²) in [6.45, 7) is 6.51. The summed E-state index contributed by atoms with van der Waals surface area (Å²) in [7, 11) is 0. The first-order valence-corrected chi connectivity index (χ1v) is 4.77. The van der Waals surface area contributed by atoms with Gasteiger partial charge in [0, 0.05) is 0 Å². The lowest BCUT2D eigenvalue weighted by molar-refractivity contribution is -0.140. The number of hydrazone groups is 1. The quantitative estimate of drug-likeness (QED) is 0.505. The molecule has 2 amide bonds. The molecule has 1 atom stereocenters. The monoisotopic (exact) mass is 229 g/mol. The molecule has 0 aromatic heterocycles. The molecule has 1 aliphatic heterocycles. The van der Waals surface area contributed by atoms with Crippen LogP contribution in [-0.4, -0.2) is 39.6 Å². The van der Waals surface area contributed by atoms with E-state index in [-0.39, 0.29) is 5.06 Å². The highest BCUT2D eigenvalue weighted by molar-refractivity contribution is 6.11. The number of nitrogens with one attached hydrogen (secondary N) is 1. The summed E-state index contributed by atoms with van der Waals surface area (Å²) in [5.41, 5.74) is 1.72. The van der Waals surface area contributed by atoms with Gasteiger partial charge in [0.25, 0.3) is 5.91 Å². The number of hydrogen-bond donors (Lipinski definition) is 2. The van der Waals surface area contributed by atoms with Crippen LogP contribution >= 0.6 is 0 Å². The molecule has 0 spiro atoms. The summed E-state index contributed by atoms with van der Waals surface area (Å²) in [6, 6.07) is -1.12. The van der Waals surface area contributed by atoms with Crippen molar-refractivity contribution in [1.29, 1.82) is 0 Å². The molecule has 16 heavy (non-hydrogen) atoms. The highest BCUT2D eigenvalue weighted by Gasteiger charge is 2.37. The summed E-state index contributed by atoms with van der Waals surface area (Å²) in [6.07, 6.45) is -0.982. The third-order valence-electron chi connectivity index (χ3n) is 1.81. The third-order valence-corrected chi connectivity index (χ3v) is 1.81. The highest BCUT2D eigenvalue weighted by Crippen LogP contribution is 2.12. The Labute approximate surface area is 93.0 Å². The van der Waals surface area contributed by atoms with Crippen molar-refractivity contribution in [2.75, 3.05) is 0 Å². The fourth-order valence-corrected chi connectivity index (χ4v) is 1.16. The molecule has 0 bridgehead atoms. The normalized spacial score (nSPS) is 20.2. The van der Waals surface area contributed by atoms with E-state index >= 15 is 0 Å². The molecule has 1 unspecified atom stereocenters. The van der Waals surface area contributed by atoms with Crippen molar-refractivity contribution < 1.29 is 19.5 Å². The van der Waals surface area contributed by atoms with E-state index in [1.54, 1.807) is 20.8 Å². The van der Waals surface area contributed by atoms with Gasteiger partial charge in [-0.1, -0.05) is 0 Å². The number of nitrogens with zero attached hydrogens (tertiary/aromatic N) is 2. The van der Waals surface area contributed by atoms with Gasteiger partial charge in [-0.3, -0.25) is 10.0 Å². The molecule has 2 N–H and O–H groups in total. The number of carbonyl (C=O) groups excluding carboxylic acids is 2. The molecule has 0 saturated heterocycles. The Kier molecular flexibility index (Phi) is 3.18. The third kappa shape index (κ3) is 2.69. The summed E-state index contributed by atoms with van der Waals surface area (Å²) in [5, 5.41) is 13.4. The predicted molar refractivity (Wildman–Crippen MR) is 54.9 cm³/mol. The van der Waals surface area contributed by atoms with Crippen LogP contribution in [0, 0.1) is 0 Å². The van der Waals surface area contributed by atoms with Crippen LogP contribution in [0.2, 0.25) is 0 Å². The second-order valence-electron chi connectivity index (χ2n) is 4.46. The number of rotatable bonds is 1. The van der Waals surface area contributed by atoms with E-state index in [1.165, 1.54) is 6.92 Å². The van der Waals surface area contributed by atoms with E-state index in [0.717, 1.165) is 0 Å². The average molecular weight is 229 g/mol. The Morgan fingerprint density at radius 2 is 2.12 bits per heavy atom. The van der Waals surface area contributed by atoms with Gasteiger partial charge < -0.3 is 4.74 Å². The molecule has 1 aliphatic rings. The first-order valence-electron chi connectivity index (χ1n) is 4.77. The molecule has 7 nitrogen and oxygen atoms in total. The molecule has 0 aromatic carbocycles. The van der Waals surface area contributed by atoms with Gasteiger partial charge in [0.2, 0.25) is 0 Å². The second kappa shape index (κ2) is 4.09. The van der Waals surface area contributed by atoms with Crippen LogP contribution in [0.25, 0.3) is 0 Å². The van der Waals surface area contributed by atoms with Gasteiger partial charge in [-0.25, -0.2) is 10.2 Å². The van der Waals surface area contributed by atoms with Crippen molar-refractivity contribution in [3.63, 3.8) is 0 Å². The van der Waals surface area contributed by atoms with E-state index in [0.29, 0.717) is 5.71 Å². The largest absolute Gasteiger partial charge is 0.442 e. The molecule has 0 radical (unpaired) electrons. The topological polar surface area (TPSA) is 91.2 Å². The standard InChI is InChI=1S/C9H15N3O4/c1-5-6(7(13)11-10-5)12(15)8(14)16-9(2,3)4/h6,15H,1-4H3,(H,11,13). The summed E-state index contributed by atoms with van der Waals surface area (Å²) in [5.74, 6) is -0.564. The van der Waals surface area contributed by atoms with Crippen LogP contribution in [0.5, 0.6) is 0 Å². The molecule has 0 aliphatic carbocycles. The van der Waals surface area contributed by atoms with Crippen molar-refractivity contribution in [3.8, 4) is 0 Å². The summed E-state index contributed by atoms with van der Waals surface area (Å²) in [4.78, 5) is 22.7. The SMILES string of the molecule is CC1=NNC(=O)C1N(O)C(=O)OC(C)(C)C. The van der Waals surface area contributed by atoms with Crippen molar-refractivity contribution >= 4 is 17.7 Å². The van der Waals surface area contributed by atoms with E-state index in [1.807, 2.05) is 0 Å². The molecule has 7 heteroatoms. The van der Waals surface area contributed by atoms with Crippen molar-refractivity contribution in [2.45, 2.75) is 39.3 Å². The Hall–Kier alpha value is -1.63.